The van der Waals surface area contributed by atoms with Crippen LogP contribution in [0.3, 0.4) is 0 Å². The molecule has 156 valence electrons. The first kappa shape index (κ1) is 20.3. The average Bonchev–Trinajstić information content (AvgIpc) is 3.04. The lowest BCUT2D eigenvalue weighted by Crippen LogP contribution is -2.29. The fourth-order valence-electron chi connectivity index (χ4n) is 3.83. The zero-order valence-corrected chi connectivity index (χ0v) is 17.2. The highest BCUT2D eigenvalue weighted by molar-refractivity contribution is 6.46. The Bertz CT molecular complexity index is 1160. The maximum atomic E-state index is 13.1. The molecule has 0 bridgehead atoms. The standard InChI is InChI=1S/C24H21N3O4/c1-15-11-18(31-2)7-8-19(15)22(28)20-21(17-6-4-10-26-13-17)27(24(30)23(20)29)14-16-5-3-9-25-12-16/h3-13,21,28H,14H2,1-2H3/p+1. The van der Waals surface area contributed by atoms with E-state index in [1.165, 1.54) is 4.90 Å². The van der Waals surface area contributed by atoms with Crippen LogP contribution in [0.2, 0.25) is 0 Å². The monoisotopic (exact) mass is 416 g/mol. The molecule has 2 N–H and O–H groups in total. The van der Waals surface area contributed by atoms with Gasteiger partial charge in [0.1, 0.15) is 11.5 Å². The Kier molecular flexibility index (Phi) is 5.49. The predicted octanol–water partition coefficient (Wildman–Crippen LogP) is 2.83. The fraction of sp³-hybridized carbons (Fsp3) is 0.167. The van der Waals surface area contributed by atoms with Gasteiger partial charge in [-0.2, -0.15) is 0 Å². The molecule has 0 radical (unpaired) electrons. The highest BCUT2D eigenvalue weighted by Gasteiger charge is 2.46. The number of Topliss-reactive ketones (excluding diaryl/α,β-unsaturated/α-hetero) is 1. The van der Waals surface area contributed by atoms with Crippen molar-refractivity contribution >= 4 is 17.4 Å². The number of ketones is 1. The van der Waals surface area contributed by atoms with Crippen molar-refractivity contribution in [1.29, 1.82) is 0 Å². The SMILES string of the molecule is COc1ccc(C(O)=C2C(=O)C(=O)N(Cc3cccnc3)C2c2ccc[nH+]c2)c(C)c1. The number of aliphatic hydroxyl groups is 1. The first-order chi connectivity index (χ1) is 15.0. The number of amides is 1. The number of likely N-dealkylation sites (tertiary alicyclic amines) is 1. The van der Waals surface area contributed by atoms with E-state index in [-0.39, 0.29) is 17.9 Å². The summed E-state index contributed by atoms with van der Waals surface area (Å²) in [5.41, 5.74) is 2.74. The topological polar surface area (TPSA) is 93.9 Å². The van der Waals surface area contributed by atoms with Gasteiger partial charge in [-0.25, -0.2) is 4.98 Å². The first-order valence-corrected chi connectivity index (χ1v) is 9.79. The highest BCUT2D eigenvalue weighted by Crippen LogP contribution is 2.40. The summed E-state index contributed by atoms with van der Waals surface area (Å²) in [5, 5.41) is 11.2. The molecule has 1 fully saturated rings. The number of nitrogens with one attached hydrogen (secondary N) is 1. The number of methoxy groups -OCH3 is 1. The lowest BCUT2D eigenvalue weighted by molar-refractivity contribution is -0.379. The van der Waals surface area contributed by atoms with Gasteiger partial charge in [-0.1, -0.05) is 6.07 Å². The Morgan fingerprint density at radius 2 is 2.06 bits per heavy atom. The van der Waals surface area contributed by atoms with Crippen LogP contribution in [0.5, 0.6) is 5.75 Å². The molecule has 1 unspecified atom stereocenters. The molecule has 1 saturated heterocycles. The number of aromatic amines is 1. The molecule has 0 spiro atoms. The molecule has 1 amide bonds. The second kappa shape index (κ2) is 8.39. The highest BCUT2D eigenvalue weighted by atomic mass is 16.5. The summed E-state index contributed by atoms with van der Waals surface area (Å²) in [6.45, 7) is 2.00. The van der Waals surface area contributed by atoms with E-state index < -0.39 is 17.7 Å². The average molecular weight is 416 g/mol. The summed E-state index contributed by atoms with van der Waals surface area (Å²) >= 11 is 0. The van der Waals surface area contributed by atoms with Crippen molar-refractivity contribution in [2.75, 3.05) is 7.11 Å². The van der Waals surface area contributed by atoms with E-state index in [4.69, 9.17) is 4.74 Å². The summed E-state index contributed by atoms with van der Waals surface area (Å²) in [6, 6.07) is 11.7. The van der Waals surface area contributed by atoms with E-state index in [0.29, 0.717) is 16.9 Å². The number of benzene rings is 1. The number of hydrogen-bond acceptors (Lipinski definition) is 5. The number of hydrogen-bond donors (Lipinski definition) is 1. The molecule has 1 aliphatic heterocycles. The molecule has 31 heavy (non-hydrogen) atoms. The van der Waals surface area contributed by atoms with Crippen LogP contribution < -0.4 is 9.72 Å². The molecule has 1 aromatic carbocycles. The number of rotatable bonds is 5. The van der Waals surface area contributed by atoms with Crippen LogP contribution in [0.1, 0.15) is 28.3 Å². The van der Waals surface area contributed by atoms with E-state index >= 15 is 0 Å². The molecule has 7 nitrogen and oxygen atoms in total. The van der Waals surface area contributed by atoms with E-state index in [2.05, 4.69) is 9.97 Å². The van der Waals surface area contributed by atoms with E-state index in [1.54, 1.807) is 62.2 Å². The van der Waals surface area contributed by atoms with Gasteiger partial charge < -0.3 is 14.7 Å². The van der Waals surface area contributed by atoms with E-state index in [9.17, 15) is 14.7 Å². The Morgan fingerprint density at radius 3 is 2.71 bits per heavy atom. The van der Waals surface area contributed by atoms with Crippen molar-refractivity contribution in [2.24, 2.45) is 0 Å². The number of aliphatic hydroxyl groups excluding tert-OH is 1. The minimum absolute atomic E-state index is 0.0572. The van der Waals surface area contributed by atoms with Gasteiger partial charge in [0.2, 0.25) is 0 Å². The van der Waals surface area contributed by atoms with Gasteiger partial charge in [0.15, 0.2) is 12.4 Å². The Balaban J connectivity index is 1.86. The lowest BCUT2D eigenvalue weighted by atomic mass is 9.94. The lowest BCUT2D eigenvalue weighted by Gasteiger charge is -2.24. The summed E-state index contributed by atoms with van der Waals surface area (Å²) in [7, 11) is 1.56. The van der Waals surface area contributed by atoms with E-state index in [1.807, 2.05) is 19.1 Å². The number of carbonyl (C=O) groups excluding carboxylic acids is 2. The molecular weight excluding hydrogens is 394 g/mol. The van der Waals surface area contributed by atoms with Crippen molar-refractivity contribution in [1.82, 2.24) is 9.88 Å². The summed E-state index contributed by atoms with van der Waals surface area (Å²) in [4.78, 5) is 34.6. The maximum Gasteiger partial charge on any atom is 0.295 e. The fourth-order valence-corrected chi connectivity index (χ4v) is 3.83. The molecule has 3 heterocycles. The number of nitrogens with zero attached hydrogens (tertiary/aromatic N) is 2. The second-order valence-corrected chi connectivity index (χ2v) is 7.31. The van der Waals surface area contributed by atoms with Gasteiger partial charge >= 0.3 is 0 Å². The Hall–Kier alpha value is -4.00. The predicted molar refractivity (Wildman–Crippen MR) is 113 cm³/mol. The van der Waals surface area contributed by atoms with Gasteiger partial charge in [0.05, 0.1) is 18.7 Å². The summed E-state index contributed by atoms with van der Waals surface area (Å²) in [5.74, 6) is -0.947. The third-order valence-corrected chi connectivity index (χ3v) is 5.35. The zero-order chi connectivity index (χ0) is 22.0. The zero-order valence-electron chi connectivity index (χ0n) is 17.2. The van der Waals surface area contributed by atoms with Crippen LogP contribution in [0, 0.1) is 6.92 Å². The molecule has 1 atom stereocenters. The minimum Gasteiger partial charge on any atom is -0.507 e. The maximum absolute atomic E-state index is 13.1. The third kappa shape index (κ3) is 3.77. The molecule has 3 aromatic rings. The number of H-pyrrole nitrogens is 1. The summed E-state index contributed by atoms with van der Waals surface area (Å²) < 4.78 is 5.23. The molecule has 2 aromatic heterocycles. The van der Waals surface area contributed by atoms with Gasteiger partial charge in [0, 0.05) is 36.1 Å². The number of ether oxygens (including phenoxy) is 1. The van der Waals surface area contributed by atoms with Gasteiger partial charge in [0.25, 0.3) is 11.7 Å². The second-order valence-electron chi connectivity index (χ2n) is 7.31. The third-order valence-electron chi connectivity index (χ3n) is 5.35. The van der Waals surface area contributed by atoms with Gasteiger partial charge in [-0.05, 0) is 48.4 Å². The van der Waals surface area contributed by atoms with Crippen molar-refractivity contribution < 1.29 is 24.4 Å². The van der Waals surface area contributed by atoms with Gasteiger partial charge in [-0.15, -0.1) is 0 Å². The molecule has 4 rings (SSSR count). The minimum atomic E-state index is -0.737. The molecule has 0 aliphatic carbocycles. The Labute approximate surface area is 179 Å². The summed E-state index contributed by atoms with van der Waals surface area (Å²) in [6.07, 6.45) is 6.76. The number of aromatic nitrogens is 2. The molecule has 7 heteroatoms. The smallest absolute Gasteiger partial charge is 0.295 e. The number of pyridine rings is 2. The Morgan fingerprint density at radius 1 is 1.23 bits per heavy atom. The normalized spacial score (nSPS) is 17.7. The van der Waals surface area contributed by atoms with Crippen LogP contribution in [-0.2, 0) is 16.1 Å². The van der Waals surface area contributed by atoms with Crippen LogP contribution >= 0.6 is 0 Å². The van der Waals surface area contributed by atoms with Crippen LogP contribution in [-0.4, -0.2) is 33.8 Å². The quantitative estimate of drug-likeness (QED) is 0.392. The first-order valence-electron chi connectivity index (χ1n) is 9.79. The van der Waals surface area contributed by atoms with Crippen LogP contribution in [0.15, 0.2) is 72.8 Å². The number of aryl methyl sites for hydroxylation is 1. The van der Waals surface area contributed by atoms with Crippen molar-refractivity contribution in [2.45, 2.75) is 19.5 Å². The van der Waals surface area contributed by atoms with Gasteiger partial charge in [-0.3, -0.25) is 14.6 Å². The van der Waals surface area contributed by atoms with Crippen LogP contribution in [0.4, 0.5) is 0 Å². The molecule has 0 saturated carbocycles. The van der Waals surface area contributed by atoms with E-state index in [0.717, 1.165) is 11.1 Å². The largest absolute Gasteiger partial charge is 0.507 e. The molecular formula is C24H22N3O4+. The number of carbonyl (C=O) groups is 2. The van der Waals surface area contributed by atoms with Crippen molar-refractivity contribution in [3.8, 4) is 5.75 Å². The molecule has 1 aliphatic rings. The van der Waals surface area contributed by atoms with Crippen molar-refractivity contribution in [3.05, 3.63) is 95.1 Å². The van der Waals surface area contributed by atoms with Crippen LogP contribution in [0.25, 0.3) is 5.76 Å². The van der Waals surface area contributed by atoms with Crippen molar-refractivity contribution in [3.63, 3.8) is 0 Å².